The number of rotatable bonds is 4. The zero-order chi connectivity index (χ0) is 12.9. The first-order valence-electron chi connectivity index (χ1n) is 6.66. The van der Waals surface area contributed by atoms with E-state index in [1.54, 1.807) is 0 Å². The molecule has 19 heavy (non-hydrogen) atoms. The molecular weight excluding hydrogens is 240 g/mol. The smallest absolute Gasteiger partial charge is 0.0933 e. The normalized spacial score (nSPS) is 19.7. The molecule has 1 aromatic heterocycles. The molecule has 1 saturated heterocycles. The summed E-state index contributed by atoms with van der Waals surface area (Å²) in [4.78, 5) is 4.35. The molecule has 1 aliphatic rings. The summed E-state index contributed by atoms with van der Waals surface area (Å²) in [7, 11) is 0. The lowest BCUT2D eigenvalue weighted by molar-refractivity contribution is -0.0355. The van der Waals surface area contributed by atoms with Gasteiger partial charge in [0.25, 0.3) is 0 Å². The number of hydrogen-bond acceptors (Lipinski definition) is 4. The summed E-state index contributed by atoms with van der Waals surface area (Å²) in [5.41, 5.74) is 2.19. The molecule has 3 rings (SSSR count). The Kier molecular flexibility index (Phi) is 4.03. The summed E-state index contributed by atoms with van der Waals surface area (Å²) in [5, 5.41) is 4.46. The van der Waals surface area contributed by atoms with Crippen LogP contribution in [0, 0.1) is 0 Å². The zero-order valence-electron chi connectivity index (χ0n) is 10.8. The molecule has 2 heterocycles. The highest BCUT2D eigenvalue weighted by Gasteiger charge is 2.13. The molecular formula is C15H18N2O2. The van der Waals surface area contributed by atoms with E-state index in [0.717, 1.165) is 30.6 Å². The van der Waals surface area contributed by atoms with Crippen molar-refractivity contribution in [2.45, 2.75) is 12.7 Å². The van der Waals surface area contributed by atoms with Crippen molar-refractivity contribution >= 4 is 10.9 Å². The van der Waals surface area contributed by atoms with Crippen LogP contribution in [0.15, 0.2) is 36.5 Å². The average Bonchev–Trinajstić information content (AvgIpc) is 2.49. The van der Waals surface area contributed by atoms with Crippen LogP contribution >= 0.6 is 0 Å². The third-order valence-corrected chi connectivity index (χ3v) is 3.31. The van der Waals surface area contributed by atoms with Crippen molar-refractivity contribution in [2.24, 2.45) is 0 Å². The number of hydrogen-bond donors (Lipinski definition) is 1. The molecule has 1 unspecified atom stereocenters. The van der Waals surface area contributed by atoms with E-state index in [1.165, 1.54) is 5.56 Å². The maximum atomic E-state index is 5.77. The third-order valence-electron chi connectivity index (χ3n) is 3.31. The van der Waals surface area contributed by atoms with E-state index < -0.39 is 0 Å². The van der Waals surface area contributed by atoms with E-state index in [2.05, 4.69) is 16.4 Å². The molecule has 0 aliphatic carbocycles. The zero-order valence-corrected chi connectivity index (χ0v) is 10.8. The van der Waals surface area contributed by atoms with Gasteiger partial charge >= 0.3 is 0 Å². The van der Waals surface area contributed by atoms with Crippen molar-refractivity contribution < 1.29 is 9.47 Å². The fourth-order valence-electron chi connectivity index (χ4n) is 2.31. The summed E-state index contributed by atoms with van der Waals surface area (Å²) >= 11 is 0. The summed E-state index contributed by atoms with van der Waals surface area (Å²) in [6.45, 7) is 3.81. The monoisotopic (exact) mass is 258 g/mol. The standard InChI is InChI=1S/C15H18N2O2/c1-2-4-15-14(3-1)12(5-6-17-15)10-18-11-13-9-16-7-8-19-13/h1-6,13,16H,7-11H2. The van der Waals surface area contributed by atoms with E-state index in [1.807, 2.05) is 30.5 Å². The van der Waals surface area contributed by atoms with Crippen LogP contribution < -0.4 is 5.32 Å². The lowest BCUT2D eigenvalue weighted by Crippen LogP contribution is -2.40. The number of nitrogens with one attached hydrogen (secondary N) is 1. The Balaban J connectivity index is 1.62. The van der Waals surface area contributed by atoms with Gasteiger partial charge in [-0.3, -0.25) is 4.98 Å². The molecule has 4 heteroatoms. The molecule has 1 aliphatic heterocycles. The Labute approximate surface area is 112 Å². The molecule has 2 aromatic rings. The number of para-hydroxylation sites is 1. The van der Waals surface area contributed by atoms with Gasteiger partial charge in [-0.15, -0.1) is 0 Å². The first kappa shape index (κ1) is 12.5. The van der Waals surface area contributed by atoms with Crippen molar-refractivity contribution in [1.82, 2.24) is 10.3 Å². The summed E-state index contributed by atoms with van der Waals surface area (Å²) < 4.78 is 11.4. The van der Waals surface area contributed by atoms with Gasteiger partial charge in [0.15, 0.2) is 0 Å². The minimum atomic E-state index is 0.168. The number of pyridine rings is 1. The first-order valence-corrected chi connectivity index (χ1v) is 6.66. The molecule has 4 nitrogen and oxygen atoms in total. The lowest BCUT2D eigenvalue weighted by atomic mass is 10.1. The number of morpholine rings is 1. The predicted octanol–water partition coefficient (Wildman–Crippen LogP) is 1.74. The molecule has 0 saturated carbocycles. The molecule has 0 radical (unpaired) electrons. The molecule has 0 bridgehead atoms. The van der Waals surface area contributed by atoms with Crippen LogP contribution in [0.1, 0.15) is 5.56 Å². The van der Waals surface area contributed by atoms with Crippen molar-refractivity contribution in [1.29, 1.82) is 0 Å². The minimum absolute atomic E-state index is 0.168. The Bertz CT molecular complexity index is 533. The van der Waals surface area contributed by atoms with Crippen molar-refractivity contribution in [2.75, 3.05) is 26.3 Å². The molecule has 1 N–H and O–H groups in total. The second-order valence-electron chi connectivity index (χ2n) is 4.70. The van der Waals surface area contributed by atoms with Gasteiger partial charge in [-0.2, -0.15) is 0 Å². The van der Waals surface area contributed by atoms with Gasteiger partial charge in [-0.25, -0.2) is 0 Å². The van der Waals surface area contributed by atoms with E-state index in [0.29, 0.717) is 13.2 Å². The first-order chi connectivity index (χ1) is 9.43. The topological polar surface area (TPSA) is 43.4 Å². The highest BCUT2D eigenvalue weighted by atomic mass is 16.5. The number of aromatic nitrogens is 1. The highest BCUT2D eigenvalue weighted by molar-refractivity contribution is 5.81. The Morgan fingerprint density at radius 1 is 1.32 bits per heavy atom. The van der Waals surface area contributed by atoms with Crippen LogP contribution in [0.3, 0.4) is 0 Å². The van der Waals surface area contributed by atoms with E-state index >= 15 is 0 Å². The molecule has 1 aromatic carbocycles. The summed E-state index contributed by atoms with van der Waals surface area (Å²) in [6.07, 6.45) is 2.00. The molecule has 1 fully saturated rings. The van der Waals surface area contributed by atoms with Crippen molar-refractivity contribution in [3.8, 4) is 0 Å². The highest BCUT2D eigenvalue weighted by Crippen LogP contribution is 2.17. The second kappa shape index (κ2) is 6.10. The third kappa shape index (κ3) is 3.10. The van der Waals surface area contributed by atoms with Gasteiger partial charge < -0.3 is 14.8 Å². The van der Waals surface area contributed by atoms with Gasteiger partial charge in [-0.1, -0.05) is 18.2 Å². The molecule has 1 atom stereocenters. The van der Waals surface area contributed by atoms with Gasteiger partial charge in [0.1, 0.15) is 0 Å². The fraction of sp³-hybridized carbons (Fsp3) is 0.400. The second-order valence-corrected chi connectivity index (χ2v) is 4.70. The van der Waals surface area contributed by atoms with Gasteiger partial charge in [0, 0.05) is 24.7 Å². The van der Waals surface area contributed by atoms with Gasteiger partial charge in [-0.05, 0) is 17.7 Å². The van der Waals surface area contributed by atoms with E-state index in [9.17, 15) is 0 Å². The summed E-state index contributed by atoms with van der Waals surface area (Å²) in [5.74, 6) is 0. The van der Waals surface area contributed by atoms with Crippen LogP contribution in [0.5, 0.6) is 0 Å². The number of fused-ring (bicyclic) bond motifs is 1. The Morgan fingerprint density at radius 2 is 2.26 bits per heavy atom. The number of nitrogens with zero attached hydrogens (tertiary/aromatic N) is 1. The van der Waals surface area contributed by atoms with Crippen LogP contribution in [-0.4, -0.2) is 37.4 Å². The quantitative estimate of drug-likeness (QED) is 0.907. The van der Waals surface area contributed by atoms with Gasteiger partial charge in [0.2, 0.25) is 0 Å². The minimum Gasteiger partial charge on any atom is -0.374 e. The molecule has 0 spiro atoms. The van der Waals surface area contributed by atoms with Crippen LogP contribution in [0.4, 0.5) is 0 Å². The SMILES string of the molecule is c1ccc2c(COCC3CNCCO3)ccnc2c1. The number of ether oxygens (including phenoxy) is 2. The molecule has 100 valence electrons. The van der Waals surface area contributed by atoms with Gasteiger partial charge in [0.05, 0.1) is 31.4 Å². The maximum absolute atomic E-state index is 5.77. The Hall–Kier alpha value is -1.49. The van der Waals surface area contributed by atoms with E-state index in [4.69, 9.17) is 9.47 Å². The van der Waals surface area contributed by atoms with Crippen LogP contribution in [0.2, 0.25) is 0 Å². The molecule has 0 amide bonds. The largest absolute Gasteiger partial charge is 0.374 e. The van der Waals surface area contributed by atoms with E-state index in [-0.39, 0.29) is 6.10 Å². The lowest BCUT2D eigenvalue weighted by Gasteiger charge is -2.23. The van der Waals surface area contributed by atoms with Crippen LogP contribution in [0.25, 0.3) is 10.9 Å². The fourth-order valence-corrected chi connectivity index (χ4v) is 2.31. The average molecular weight is 258 g/mol. The predicted molar refractivity (Wildman–Crippen MR) is 74.0 cm³/mol. The Morgan fingerprint density at radius 3 is 3.16 bits per heavy atom. The number of benzene rings is 1. The van der Waals surface area contributed by atoms with Crippen LogP contribution in [-0.2, 0) is 16.1 Å². The van der Waals surface area contributed by atoms with Crippen molar-refractivity contribution in [3.05, 3.63) is 42.1 Å². The van der Waals surface area contributed by atoms with Crippen molar-refractivity contribution in [3.63, 3.8) is 0 Å². The maximum Gasteiger partial charge on any atom is 0.0933 e. The summed E-state index contributed by atoms with van der Waals surface area (Å²) in [6, 6.07) is 10.2.